The van der Waals surface area contributed by atoms with E-state index in [4.69, 9.17) is 12.2 Å². The number of rotatable bonds is 12. The molecule has 0 aromatic heterocycles. The molecule has 0 saturated carbocycles. The molecule has 0 radical (unpaired) electrons. The molecule has 2 aliphatic heterocycles. The Kier molecular flexibility index (Phi) is 10.5. The first-order chi connectivity index (χ1) is 17.7. The number of para-hydroxylation sites is 1. The molecule has 11 heteroatoms. The third-order valence-electron chi connectivity index (χ3n) is 5.91. The van der Waals surface area contributed by atoms with Gasteiger partial charge in [0.2, 0.25) is 0 Å². The lowest BCUT2D eigenvalue weighted by atomic mass is 10.1. The molecule has 200 valence electrons. The SMILES string of the molecule is CCCCN1C(=O)C(=C/C=C/C=C2\Sc3ccccc3N2CCCS(=O)(=O)[O-])C(=O)N(CCCC)C1=S. The monoisotopic (exact) mass is 562 g/mol. The second kappa shape index (κ2) is 13.4. The minimum atomic E-state index is -4.29. The quantitative estimate of drug-likeness (QED) is 0.160. The number of nitrogens with zero attached hydrogens (tertiary/aromatic N) is 3. The number of hydrogen-bond acceptors (Lipinski definition) is 8. The number of unbranched alkanes of at least 4 members (excludes halogenated alkanes) is 2. The minimum Gasteiger partial charge on any atom is -0.748 e. The van der Waals surface area contributed by atoms with Crippen LogP contribution in [0.25, 0.3) is 0 Å². The standard InChI is InChI=1S/C26H33N3O5S3/c1-3-5-16-28-24(30)20(25(31)29(26(28)35)17-6-4-2)12-7-10-15-23-27(18-11-19-37(32,33)34)21-13-8-9-14-22(21)36-23/h7-10,12-15H,3-6,11,16-19H2,1-2H3,(H,32,33,34)/p-1/b10-7+,23-15-. The van der Waals surface area contributed by atoms with Gasteiger partial charge in [-0.05, 0) is 55.8 Å². The Morgan fingerprint density at radius 1 is 0.892 bits per heavy atom. The lowest BCUT2D eigenvalue weighted by molar-refractivity contribution is -0.133. The Labute approximate surface area is 228 Å². The molecule has 1 aromatic rings. The molecule has 0 N–H and O–H groups in total. The number of carbonyl (C=O) groups excluding carboxylic acids is 2. The molecule has 0 unspecified atom stereocenters. The molecule has 0 atom stereocenters. The van der Waals surface area contributed by atoms with Crippen molar-refractivity contribution in [3.05, 3.63) is 59.2 Å². The highest BCUT2D eigenvalue weighted by Crippen LogP contribution is 2.45. The van der Waals surface area contributed by atoms with Crippen molar-refractivity contribution in [2.75, 3.05) is 30.3 Å². The molecule has 37 heavy (non-hydrogen) atoms. The van der Waals surface area contributed by atoms with E-state index in [-0.39, 0.29) is 28.9 Å². The fourth-order valence-corrected chi connectivity index (χ4v) is 5.90. The van der Waals surface area contributed by atoms with Crippen LogP contribution in [0, 0.1) is 0 Å². The zero-order valence-corrected chi connectivity index (χ0v) is 23.5. The first kappa shape index (κ1) is 29.1. The number of allylic oxidation sites excluding steroid dienone is 4. The zero-order valence-electron chi connectivity index (χ0n) is 21.1. The molecule has 2 heterocycles. The number of thiocarbonyl (C=S) groups is 1. The number of amides is 2. The minimum absolute atomic E-state index is 0.0790. The number of hydrogen-bond donors (Lipinski definition) is 0. The maximum atomic E-state index is 13.1. The van der Waals surface area contributed by atoms with Crippen LogP contribution >= 0.6 is 24.0 Å². The van der Waals surface area contributed by atoms with E-state index >= 15 is 0 Å². The fourth-order valence-electron chi connectivity index (χ4n) is 3.97. The van der Waals surface area contributed by atoms with Gasteiger partial charge in [-0.3, -0.25) is 19.4 Å². The number of fused-ring (bicyclic) bond motifs is 1. The van der Waals surface area contributed by atoms with Gasteiger partial charge in [0.05, 0.1) is 20.8 Å². The molecule has 1 saturated heterocycles. The van der Waals surface area contributed by atoms with Gasteiger partial charge in [0, 0.05) is 30.3 Å². The summed E-state index contributed by atoms with van der Waals surface area (Å²) in [5.41, 5.74) is 1.02. The van der Waals surface area contributed by atoms with Crippen LogP contribution in [0.4, 0.5) is 5.69 Å². The van der Waals surface area contributed by atoms with E-state index in [0.717, 1.165) is 41.3 Å². The van der Waals surface area contributed by atoms with E-state index in [2.05, 4.69) is 0 Å². The van der Waals surface area contributed by atoms with Gasteiger partial charge in [0.15, 0.2) is 5.11 Å². The summed E-state index contributed by atoms with van der Waals surface area (Å²) in [4.78, 5) is 32.2. The molecule has 2 aliphatic rings. The molecule has 2 amide bonds. The number of anilines is 1. The van der Waals surface area contributed by atoms with E-state index in [9.17, 15) is 22.6 Å². The average molecular weight is 563 g/mol. The molecule has 3 rings (SSSR count). The zero-order chi connectivity index (χ0) is 27.0. The Bertz CT molecular complexity index is 1190. The summed E-state index contributed by atoms with van der Waals surface area (Å²) in [5.74, 6) is -1.19. The molecular formula is C26H32N3O5S3-. The second-order valence-corrected chi connectivity index (χ2v) is 11.7. The molecule has 1 fully saturated rings. The lowest BCUT2D eigenvalue weighted by Gasteiger charge is -2.36. The number of benzene rings is 1. The van der Waals surface area contributed by atoms with Crippen molar-refractivity contribution in [2.24, 2.45) is 0 Å². The van der Waals surface area contributed by atoms with Crippen molar-refractivity contribution < 1.29 is 22.6 Å². The highest BCUT2D eigenvalue weighted by molar-refractivity contribution is 8.03. The van der Waals surface area contributed by atoms with Crippen molar-refractivity contribution in [3.8, 4) is 0 Å². The molecule has 0 aliphatic carbocycles. The predicted molar refractivity (Wildman–Crippen MR) is 150 cm³/mol. The molecule has 0 spiro atoms. The van der Waals surface area contributed by atoms with E-state index in [1.54, 1.807) is 12.2 Å². The molecular weight excluding hydrogens is 531 g/mol. The average Bonchev–Trinajstić information content (AvgIpc) is 3.20. The Balaban J connectivity index is 1.81. The van der Waals surface area contributed by atoms with Gasteiger partial charge in [-0.15, -0.1) is 0 Å². The van der Waals surface area contributed by atoms with Gasteiger partial charge in [-0.1, -0.05) is 62.7 Å². The third kappa shape index (κ3) is 7.53. The summed E-state index contributed by atoms with van der Waals surface area (Å²) in [5, 5.41) is 1.13. The molecule has 0 bridgehead atoms. The topological polar surface area (TPSA) is 101 Å². The van der Waals surface area contributed by atoms with Gasteiger partial charge in [0.1, 0.15) is 5.57 Å². The van der Waals surface area contributed by atoms with Crippen LogP contribution in [0.5, 0.6) is 0 Å². The number of thioether (sulfide) groups is 1. The maximum absolute atomic E-state index is 13.1. The highest BCUT2D eigenvalue weighted by Gasteiger charge is 2.38. The normalized spacial score (nSPS) is 17.5. The summed E-state index contributed by atoms with van der Waals surface area (Å²) in [7, 11) is -4.29. The molecule has 1 aromatic carbocycles. The van der Waals surface area contributed by atoms with E-state index in [1.807, 2.05) is 49.1 Å². The summed E-state index contributed by atoms with van der Waals surface area (Å²) in [6, 6.07) is 7.74. The van der Waals surface area contributed by atoms with Gasteiger partial charge in [-0.2, -0.15) is 0 Å². The summed E-state index contributed by atoms with van der Waals surface area (Å²) in [6.45, 7) is 5.38. The molecule has 8 nitrogen and oxygen atoms in total. The third-order valence-corrected chi connectivity index (χ3v) is 8.27. The van der Waals surface area contributed by atoms with Crippen molar-refractivity contribution in [2.45, 2.75) is 50.8 Å². The highest BCUT2D eigenvalue weighted by atomic mass is 32.2. The predicted octanol–water partition coefficient (Wildman–Crippen LogP) is 4.41. The smallest absolute Gasteiger partial charge is 0.265 e. The first-order valence-electron chi connectivity index (χ1n) is 12.4. The van der Waals surface area contributed by atoms with Gasteiger partial charge < -0.3 is 9.45 Å². The van der Waals surface area contributed by atoms with Crippen LogP contribution in [-0.2, 0) is 19.7 Å². The number of carbonyl (C=O) groups is 2. The van der Waals surface area contributed by atoms with Crippen LogP contribution in [0.15, 0.2) is 64.1 Å². The Morgan fingerprint density at radius 3 is 2.05 bits per heavy atom. The van der Waals surface area contributed by atoms with E-state index in [1.165, 1.54) is 27.6 Å². The van der Waals surface area contributed by atoms with Crippen LogP contribution in [0.2, 0.25) is 0 Å². The Hall–Kier alpha value is -2.47. The van der Waals surface area contributed by atoms with Crippen molar-refractivity contribution in [3.63, 3.8) is 0 Å². The summed E-state index contributed by atoms with van der Waals surface area (Å²) in [6.07, 6.45) is 10.4. The van der Waals surface area contributed by atoms with E-state index < -0.39 is 15.9 Å². The van der Waals surface area contributed by atoms with Crippen LogP contribution in [-0.4, -0.2) is 65.1 Å². The summed E-state index contributed by atoms with van der Waals surface area (Å²) < 4.78 is 33.1. The van der Waals surface area contributed by atoms with Crippen LogP contribution in [0.1, 0.15) is 46.0 Å². The van der Waals surface area contributed by atoms with Gasteiger partial charge in [0.25, 0.3) is 11.8 Å². The lowest BCUT2D eigenvalue weighted by Crippen LogP contribution is -2.56. The van der Waals surface area contributed by atoms with Crippen LogP contribution < -0.4 is 4.90 Å². The largest absolute Gasteiger partial charge is 0.748 e. The van der Waals surface area contributed by atoms with Crippen molar-refractivity contribution in [1.82, 2.24) is 9.80 Å². The second-order valence-electron chi connectivity index (χ2n) is 8.71. The van der Waals surface area contributed by atoms with Crippen molar-refractivity contribution in [1.29, 1.82) is 0 Å². The van der Waals surface area contributed by atoms with Crippen molar-refractivity contribution >= 4 is 56.7 Å². The van der Waals surface area contributed by atoms with Gasteiger partial charge >= 0.3 is 0 Å². The van der Waals surface area contributed by atoms with Crippen LogP contribution in [0.3, 0.4) is 0 Å². The summed E-state index contributed by atoms with van der Waals surface area (Å²) >= 11 is 7.01. The Morgan fingerprint density at radius 2 is 1.46 bits per heavy atom. The first-order valence-corrected chi connectivity index (χ1v) is 15.2. The van der Waals surface area contributed by atoms with E-state index in [0.29, 0.717) is 19.6 Å². The van der Waals surface area contributed by atoms with Gasteiger partial charge in [-0.25, -0.2) is 8.42 Å². The fraction of sp³-hybridized carbons (Fsp3) is 0.423. The maximum Gasteiger partial charge on any atom is 0.265 e.